The number of ether oxygens (including phenoxy) is 1. The van der Waals surface area contributed by atoms with Gasteiger partial charge in [-0.05, 0) is 40.4 Å². The van der Waals surface area contributed by atoms with E-state index in [9.17, 15) is 24.6 Å². The number of aliphatic hydroxyl groups excluding tert-OH is 1. The molecule has 29 heavy (non-hydrogen) atoms. The summed E-state index contributed by atoms with van der Waals surface area (Å²) in [4.78, 5) is 38.9. The van der Waals surface area contributed by atoms with Gasteiger partial charge in [-0.1, -0.05) is 30.3 Å². The Kier molecular flexibility index (Phi) is 9.42. The van der Waals surface area contributed by atoms with E-state index in [1.54, 1.807) is 32.8 Å². The lowest BCUT2D eigenvalue weighted by atomic mass is 9.88. The number of carbonyl (C=O) groups is 3. The number of Topliss-reactive ketones (excluding diaryl/α,β-unsaturated/α-hetero) is 1. The molecule has 8 nitrogen and oxygen atoms in total. The van der Waals surface area contributed by atoms with Crippen LogP contribution in [0.4, 0.5) is 0 Å². The Balaban J connectivity index is 3.01. The zero-order valence-corrected chi connectivity index (χ0v) is 17.7. The molecule has 3 N–H and O–H groups in total. The number of hydrogen-bond acceptors (Lipinski definition) is 7. The minimum Gasteiger partial charge on any atom is -0.478 e. The zero-order chi connectivity index (χ0) is 22.2. The monoisotopic (exact) mass is 408 g/mol. The van der Waals surface area contributed by atoms with Crippen LogP contribution in [0.1, 0.15) is 39.2 Å². The fourth-order valence-corrected chi connectivity index (χ4v) is 2.90. The molecule has 0 bridgehead atoms. The number of ketones is 1. The lowest BCUT2D eigenvalue weighted by Gasteiger charge is -2.33. The predicted octanol–water partition coefficient (Wildman–Crippen LogP) is 1.21. The van der Waals surface area contributed by atoms with E-state index < -0.39 is 47.9 Å². The van der Waals surface area contributed by atoms with Gasteiger partial charge < -0.3 is 20.3 Å². The van der Waals surface area contributed by atoms with Gasteiger partial charge in [-0.25, -0.2) is 4.79 Å². The maximum absolute atomic E-state index is 12.8. The number of aliphatic carboxylic acids is 1. The first-order valence-corrected chi connectivity index (χ1v) is 9.61. The van der Waals surface area contributed by atoms with Crippen molar-refractivity contribution in [3.8, 4) is 0 Å². The highest BCUT2D eigenvalue weighted by molar-refractivity contribution is 5.92. The van der Waals surface area contributed by atoms with Crippen LogP contribution in [-0.2, 0) is 25.7 Å². The number of carboxylic acids is 1. The molecule has 0 aromatic heterocycles. The molecule has 0 radical (unpaired) electrons. The summed E-state index contributed by atoms with van der Waals surface area (Å²) in [6.07, 6.45) is -1.99. The molecule has 162 valence electrons. The number of hydrogen-bond donors (Lipinski definition) is 3. The number of aliphatic hydroxyl groups is 1. The van der Waals surface area contributed by atoms with Gasteiger partial charge in [-0.3, -0.25) is 14.5 Å². The Morgan fingerprint density at radius 3 is 2.24 bits per heavy atom. The quantitative estimate of drug-likeness (QED) is 0.442. The van der Waals surface area contributed by atoms with Gasteiger partial charge in [0.15, 0.2) is 5.78 Å². The number of nitrogens with zero attached hydrogens (tertiary/aromatic N) is 1. The van der Waals surface area contributed by atoms with E-state index in [0.29, 0.717) is 6.54 Å². The van der Waals surface area contributed by atoms with Crippen molar-refractivity contribution in [2.45, 2.75) is 63.9 Å². The third-order valence-electron chi connectivity index (χ3n) is 4.96. The van der Waals surface area contributed by atoms with Crippen molar-refractivity contribution < 1.29 is 29.3 Å². The molecular formula is C21H32N2O6. The first-order valence-electron chi connectivity index (χ1n) is 9.61. The minimum absolute atomic E-state index is 0.384. The molecular weight excluding hydrogens is 376 g/mol. The zero-order valence-electron chi connectivity index (χ0n) is 17.7. The largest absolute Gasteiger partial charge is 0.478 e. The molecule has 0 aliphatic carbocycles. The van der Waals surface area contributed by atoms with Crippen molar-refractivity contribution in [2.75, 3.05) is 14.1 Å². The Hall–Kier alpha value is -2.29. The van der Waals surface area contributed by atoms with Gasteiger partial charge in [0.25, 0.3) is 0 Å². The van der Waals surface area contributed by atoms with Gasteiger partial charge in [-0.2, -0.15) is 0 Å². The molecule has 8 heteroatoms. The molecule has 0 aliphatic heterocycles. The highest BCUT2D eigenvalue weighted by atomic mass is 16.6. The third kappa shape index (κ3) is 7.23. The Labute approximate surface area is 171 Å². The topological polar surface area (TPSA) is 116 Å². The van der Waals surface area contributed by atoms with Crippen LogP contribution in [-0.4, -0.2) is 70.7 Å². The van der Waals surface area contributed by atoms with Crippen LogP contribution in [0, 0.1) is 0 Å². The maximum Gasteiger partial charge on any atom is 0.348 e. The van der Waals surface area contributed by atoms with Gasteiger partial charge in [0.05, 0.1) is 18.6 Å². The van der Waals surface area contributed by atoms with Gasteiger partial charge in [0, 0.05) is 13.0 Å². The van der Waals surface area contributed by atoms with Crippen molar-refractivity contribution in [3.05, 3.63) is 35.9 Å². The molecule has 2 unspecified atom stereocenters. The molecule has 0 fully saturated rings. The van der Waals surface area contributed by atoms with Crippen LogP contribution in [0.5, 0.6) is 0 Å². The van der Waals surface area contributed by atoms with Gasteiger partial charge in [0.2, 0.25) is 5.60 Å². The average Bonchev–Trinajstić information content (AvgIpc) is 2.66. The lowest BCUT2D eigenvalue weighted by Crippen LogP contribution is -2.52. The normalized spacial score (nSPS) is 16.5. The summed E-state index contributed by atoms with van der Waals surface area (Å²) in [5.41, 5.74) is -1.14. The number of carboxylic acid groups (broad SMARTS) is 1. The molecule has 0 amide bonds. The second-order valence-electron chi connectivity index (χ2n) is 7.50. The minimum atomic E-state index is -2.13. The Bertz CT molecular complexity index is 694. The summed E-state index contributed by atoms with van der Waals surface area (Å²) in [7, 11) is 3.30. The van der Waals surface area contributed by atoms with Crippen LogP contribution in [0.2, 0.25) is 0 Å². The molecule has 1 aromatic carbocycles. The lowest BCUT2D eigenvalue weighted by molar-refractivity contribution is -0.187. The molecule has 1 aromatic rings. The van der Waals surface area contributed by atoms with Crippen molar-refractivity contribution in [1.82, 2.24) is 10.2 Å². The summed E-state index contributed by atoms with van der Waals surface area (Å²) in [6.45, 7) is 5.06. The molecule has 4 atom stereocenters. The van der Waals surface area contributed by atoms with Gasteiger partial charge in [0.1, 0.15) is 6.04 Å². The van der Waals surface area contributed by atoms with Crippen LogP contribution < -0.4 is 5.32 Å². The number of rotatable bonds is 12. The number of nitrogens with one attached hydrogen (secondary N) is 1. The summed E-state index contributed by atoms with van der Waals surface area (Å²) in [5.74, 6) is -2.65. The predicted molar refractivity (Wildman–Crippen MR) is 108 cm³/mol. The van der Waals surface area contributed by atoms with E-state index in [1.165, 1.54) is 6.92 Å². The summed E-state index contributed by atoms with van der Waals surface area (Å²) in [5, 5.41) is 22.4. The SMILES string of the molecule is CN[C@@H](C)C(=O)CC(CC(C)O)(OC(=O)[C@H](C)N(C)Cc1ccccc1)C(=O)O. The van der Waals surface area contributed by atoms with E-state index in [2.05, 4.69) is 5.32 Å². The third-order valence-corrected chi connectivity index (χ3v) is 4.96. The smallest absolute Gasteiger partial charge is 0.348 e. The Morgan fingerprint density at radius 1 is 1.17 bits per heavy atom. The Morgan fingerprint density at radius 2 is 1.76 bits per heavy atom. The molecule has 0 heterocycles. The molecule has 0 saturated carbocycles. The summed E-state index contributed by atoms with van der Waals surface area (Å²) in [6, 6.07) is 8.14. The van der Waals surface area contributed by atoms with E-state index in [1.807, 2.05) is 30.3 Å². The van der Waals surface area contributed by atoms with Crippen molar-refractivity contribution in [2.24, 2.45) is 0 Å². The molecule has 0 saturated heterocycles. The fourth-order valence-electron chi connectivity index (χ4n) is 2.90. The second kappa shape index (κ2) is 11.0. The maximum atomic E-state index is 12.8. The van der Waals surface area contributed by atoms with Crippen LogP contribution in [0.25, 0.3) is 0 Å². The highest BCUT2D eigenvalue weighted by Crippen LogP contribution is 2.26. The number of esters is 1. The van der Waals surface area contributed by atoms with E-state index in [4.69, 9.17) is 4.74 Å². The van der Waals surface area contributed by atoms with E-state index in [-0.39, 0.29) is 6.42 Å². The fraction of sp³-hybridized carbons (Fsp3) is 0.571. The van der Waals surface area contributed by atoms with Crippen LogP contribution in [0.15, 0.2) is 30.3 Å². The highest BCUT2D eigenvalue weighted by Gasteiger charge is 2.47. The van der Waals surface area contributed by atoms with Gasteiger partial charge >= 0.3 is 11.9 Å². The molecule has 0 aliphatic rings. The first kappa shape index (κ1) is 24.7. The van der Waals surface area contributed by atoms with Crippen molar-refractivity contribution in [1.29, 1.82) is 0 Å². The number of carbonyl (C=O) groups excluding carboxylic acids is 2. The number of benzene rings is 1. The summed E-state index contributed by atoms with van der Waals surface area (Å²) >= 11 is 0. The standard InChI is InChI=1S/C21H32N2O6/c1-14(24)11-21(20(27)28,12-18(25)15(2)22-4)29-19(26)16(3)23(5)13-17-9-7-6-8-10-17/h6-10,14-16,22,24H,11-13H2,1-5H3,(H,27,28)/t14?,15-,16-,21?/m0/s1. The van der Waals surface area contributed by atoms with E-state index >= 15 is 0 Å². The van der Waals surface area contributed by atoms with Gasteiger partial charge in [-0.15, -0.1) is 0 Å². The van der Waals surface area contributed by atoms with Crippen molar-refractivity contribution in [3.63, 3.8) is 0 Å². The average molecular weight is 408 g/mol. The first-order chi connectivity index (χ1) is 13.5. The van der Waals surface area contributed by atoms with E-state index in [0.717, 1.165) is 5.56 Å². The molecule has 1 rings (SSSR count). The van der Waals surface area contributed by atoms with Crippen molar-refractivity contribution >= 4 is 17.7 Å². The second-order valence-corrected chi connectivity index (χ2v) is 7.50. The summed E-state index contributed by atoms with van der Waals surface area (Å²) < 4.78 is 5.41. The number of likely N-dealkylation sites (N-methyl/N-ethyl adjacent to an activating group) is 2. The van der Waals surface area contributed by atoms with Crippen LogP contribution >= 0.6 is 0 Å². The molecule has 0 spiro atoms. The van der Waals surface area contributed by atoms with Crippen LogP contribution in [0.3, 0.4) is 0 Å².